The number of thioether (sulfide) groups is 1. The summed E-state index contributed by atoms with van der Waals surface area (Å²) in [6.07, 6.45) is 0.483. The first kappa shape index (κ1) is 25.2. The van der Waals surface area contributed by atoms with Gasteiger partial charge in [-0.15, -0.1) is 11.8 Å². The van der Waals surface area contributed by atoms with E-state index in [-0.39, 0.29) is 29.9 Å². The zero-order chi connectivity index (χ0) is 23.0. The third kappa shape index (κ3) is 8.54. The van der Waals surface area contributed by atoms with E-state index < -0.39 is 11.6 Å². The highest BCUT2D eigenvalue weighted by molar-refractivity contribution is 7.99. The van der Waals surface area contributed by atoms with Gasteiger partial charge in [-0.1, -0.05) is 42.8 Å². The second-order valence-corrected chi connectivity index (χ2v) is 9.85. The van der Waals surface area contributed by atoms with Crippen LogP contribution < -0.4 is 5.32 Å². The Bertz CT molecular complexity index is 867. The summed E-state index contributed by atoms with van der Waals surface area (Å²) in [4.78, 5) is 27.7. The van der Waals surface area contributed by atoms with E-state index in [0.717, 1.165) is 11.1 Å². The summed E-state index contributed by atoms with van der Waals surface area (Å²) in [6, 6.07) is 12.9. The van der Waals surface area contributed by atoms with Crippen LogP contribution in [0.15, 0.2) is 48.5 Å². The third-order valence-corrected chi connectivity index (χ3v) is 5.80. The van der Waals surface area contributed by atoms with E-state index in [2.05, 4.69) is 5.32 Å². The van der Waals surface area contributed by atoms with Gasteiger partial charge in [-0.25, -0.2) is 4.39 Å². The van der Waals surface area contributed by atoms with Crippen molar-refractivity contribution >= 4 is 35.2 Å². The number of nitrogens with zero attached hydrogens (tertiary/aromatic N) is 1. The fourth-order valence-electron chi connectivity index (χ4n) is 3.08. The summed E-state index contributed by atoms with van der Waals surface area (Å²) >= 11 is 7.41. The van der Waals surface area contributed by atoms with Crippen LogP contribution in [0.3, 0.4) is 0 Å². The molecular formula is C24H30ClFN2O2S. The number of carbonyl (C=O) groups excluding carboxylic acids is 2. The van der Waals surface area contributed by atoms with Crippen molar-refractivity contribution in [1.29, 1.82) is 0 Å². The highest BCUT2D eigenvalue weighted by atomic mass is 35.5. The average molecular weight is 465 g/mol. The van der Waals surface area contributed by atoms with Gasteiger partial charge in [-0.05, 0) is 62.6 Å². The molecule has 0 unspecified atom stereocenters. The molecular weight excluding hydrogens is 435 g/mol. The Morgan fingerprint density at radius 1 is 1.06 bits per heavy atom. The number of carbonyl (C=O) groups is 2. The molecule has 0 aromatic heterocycles. The normalized spacial score (nSPS) is 12.3. The van der Waals surface area contributed by atoms with Gasteiger partial charge in [0.15, 0.2) is 0 Å². The molecule has 2 amide bonds. The maximum atomic E-state index is 13.3. The minimum Gasteiger partial charge on any atom is -0.350 e. The summed E-state index contributed by atoms with van der Waals surface area (Å²) in [5, 5.41) is 3.65. The molecule has 0 fully saturated rings. The summed E-state index contributed by atoms with van der Waals surface area (Å²) in [5.74, 6) is 0.256. The van der Waals surface area contributed by atoms with E-state index in [1.165, 1.54) is 23.9 Å². The van der Waals surface area contributed by atoms with E-state index in [9.17, 15) is 14.0 Å². The topological polar surface area (TPSA) is 49.4 Å². The van der Waals surface area contributed by atoms with Gasteiger partial charge >= 0.3 is 0 Å². The zero-order valence-electron chi connectivity index (χ0n) is 18.5. The predicted molar refractivity (Wildman–Crippen MR) is 127 cm³/mol. The lowest BCUT2D eigenvalue weighted by Gasteiger charge is -2.33. The highest BCUT2D eigenvalue weighted by Gasteiger charge is 2.30. The van der Waals surface area contributed by atoms with Gasteiger partial charge < -0.3 is 10.2 Å². The number of benzene rings is 2. The van der Waals surface area contributed by atoms with Crippen molar-refractivity contribution in [3.8, 4) is 0 Å². The van der Waals surface area contributed by atoms with Crippen molar-refractivity contribution in [3.63, 3.8) is 0 Å². The molecule has 1 atom stereocenters. The van der Waals surface area contributed by atoms with Crippen molar-refractivity contribution < 1.29 is 14.0 Å². The van der Waals surface area contributed by atoms with E-state index in [1.807, 2.05) is 52.0 Å². The second-order valence-electron chi connectivity index (χ2n) is 8.43. The maximum Gasteiger partial charge on any atom is 0.243 e. The van der Waals surface area contributed by atoms with Gasteiger partial charge in [0, 0.05) is 22.9 Å². The SMILES string of the molecule is CC[C@H](C(=O)NC(C)(C)C)N(Cc1ccc(F)cc1)C(=O)CSCc1ccc(Cl)cc1. The van der Waals surface area contributed by atoms with Gasteiger partial charge in [0.25, 0.3) is 0 Å². The number of amides is 2. The fourth-order valence-corrected chi connectivity index (χ4v) is 4.08. The lowest BCUT2D eigenvalue weighted by molar-refractivity contribution is -0.140. The van der Waals surface area contributed by atoms with Gasteiger partial charge in [0.05, 0.1) is 5.75 Å². The summed E-state index contributed by atoms with van der Waals surface area (Å²) in [6.45, 7) is 7.86. The Hall–Kier alpha value is -2.05. The average Bonchev–Trinajstić information content (AvgIpc) is 2.69. The third-order valence-electron chi connectivity index (χ3n) is 4.56. The predicted octanol–water partition coefficient (Wildman–Crippen LogP) is 5.43. The van der Waals surface area contributed by atoms with Gasteiger partial charge in [0.2, 0.25) is 11.8 Å². The smallest absolute Gasteiger partial charge is 0.243 e. The molecule has 1 N–H and O–H groups in total. The molecule has 0 spiro atoms. The zero-order valence-corrected chi connectivity index (χ0v) is 20.0. The summed E-state index contributed by atoms with van der Waals surface area (Å²) in [7, 11) is 0. The maximum absolute atomic E-state index is 13.3. The van der Waals surface area contributed by atoms with Crippen molar-refractivity contribution in [2.75, 3.05) is 5.75 Å². The molecule has 0 aliphatic rings. The van der Waals surface area contributed by atoms with Crippen LogP contribution in [-0.4, -0.2) is 34.0 Å². The Morgan fingerprint density at radius 3 is 2.19 bits per heavy atom. The summed E-state index contributed by atoms with van der Waals surface area (Å²) < 4.78 is 13.3. The fraction of sp³-hybridized carbons (Fsp3) is 0.417. The molecule has 168 valence electrons. The van der Waals surface area contributed by atoms with Gasteiger partial charge in [0.1, 0.15) is 11.9 Å². The van der Waals surface area contributed by atoms with Crippen molar-refractivity contribution in [3.05, 3.63) is 70.5 Å². The quantitative estimate of drug-likeness (QED) is 0.538. The molecule has 7 heteroatoms. The number of hydrogen-bond donors (Lipinski definition) is 1. The highest BCUT2D eigenvalue weighted by Crippen LogP contribution is 2.19. The Morgan fingerprint density at radius 2 is 1.65 bits per heavy atom. The lowest BCUT2D eigenvalue weighted by atomic mass is 10.1. The number of nitrogens with one attached hydrogen (secondary N) is 1. The van der Waals surface area contributed by atoms with Gasteiger partial charge in [-0.2, -0.15) is 0 Å². The molecule has 4 nitrogen and oxygen atoms in total. The molecule has 0 saturated heterocycles. The van der Waals surface area contributed by atoms with Gasteiger partial charge in [-0.3, -0.25) is 9.59 Å². The molecule has 2 aromatic carbocycles. The minimum absolute atomic E-state index is 0.126. The number of rotatable bonds is 9. The van der Waals surface area contributed by atoms with Crippen molar-refractivity contribution in [1.82, 2.24) is 10.2 Å². The molecule has 0 heterocycles. The molecule has 0 radical (unpaired) electrons. The first-order valence-corrected chi connectivity index (χ1v) is 11.8. The van der Waals surface area contributed by atoms with Crippen LogP contribution in [0, 0.1) is 5.82 Å². The molecule has 0 bridgehead atoms. The van der Waals surface area contributed by atoms with Crippen molar-refractivity contribution in [2.24, 2.45) is 0 Å². The van der Waals surface area contributed by atoms with Crippen LogP contribution in [0.4, 0.5) is 4.39 Å². The van der Waals surface area contributed by atoms with E-state index in [4.69, 9.17) is 11.6 Å². The van der Waals surface area contributed by atoms with Crippen LogP contribution in [0.25, 0.3) is 0 Å². The molecule has 2 rings (SSSR count). The molecule has 2 aromatic rings. The standard InChI is InChI=1S/C24H30ClFN2O2S/c1-5-21(23(30)27-24(2,3)4)28(14-17-8-12-20(26)13-9-17)22(29)16-31-15-18-6-10-19(25)11-7-18/h6-13,21H,5,14-16H2,1-4H3,(H,27,30)/t21-/m1/s1. The van der Waals surface area contributed by atoms with E-state index in [1.54, 1.807) is 17.0 Å². The van der Waals surface area contributed by atoms with Crippen LogP contribution >= 0.6 is 23.4 Å². The van der Waals surface area contributed by atoms with Crippen LogP contribution in [-0.2, 0) is 21.9 Å². The Balaban J connectivity index is 2.14. The van der Waals surface area contributed by atoms with E-state index >= 15 is 0 Å². The Kier molecular flexibility index (Phi) is 9.38. The number of halogens is 2. The number of hydrogen-bond acceptors (Lipinski definition) is 3. The van der Waals surface area contributed by atoms with Crippen LogP contribution in [0.5, 0.6) is 0 Å². The molecule has 31 heavy (non-hydrogen) atoms. The lowest BCUT2D eigenvalue weighted by Crippen LogP contribution is -2.53. The summed E-state index contributed by atoms with van der Waals surface area (Å²) in [5.41, 5.74) is 1.45. The first-order chi connectivity index (χ1) is 14.6. The monoisotopic (exact) mass is 464 g/mol. The minimum atomic E-state index is -0.604. The van der Waals surface area contributed by atoms with Crippen molar-refractivity contribution in [2.45, 2.75) is 58.0 Å². The first-order valence-electron chi connectivity index (χ1n) is 10.3. The Labute approximate surface area is 193 Å². The van der Waals surface area contributed by atoms with Crippen LogP contribution in [0.2, 0.25) is 5.02 Å². The molecule has 0 aliphatic heterocycles. The second kappa shape index (κ2) is 11.5. The molecule has 0 saturated carbocycles. The molecule has 0 aliphatic carbocycles. The largest absolute Gasteiger partial charge is 0.350 e. The van der Waals surface area contributed by atoms with Crippen LogP contribution in [0.1, 0.15) is 45.2 Å². The van der Waals surface area contributed by atoms with E-state index in [0.29, 0.717) is 17.2 Å².